The maximum atomic E-state index is 12.5. The van der Waals surface area contributed by atoms with Gasteiger partial charge in [-0.25, -0.2) is 4.98 Å². The standard InChI is InChI=1S/C11H12ClF3N2O2/c12-9-3-7(11(13,14)15)4-16-10(9)17-1-2-19-6-8(17)5-18/h3-4,8,18H,1-2,5-6H2. The molecule has 8 heteroatoms. The normalized spacial score (nSPS) is 20.7. The zero-order valence-corrected chi connectivity index (χ0v) is 10.6. The highest BCUT2D eigenvalue weighted by molar-refractivity contribution is 6.33. The first-order chi connectivity index (χ1) is 8.93. The second-order valence-electron chi connectivity index (χ2n) is 4.13. The predicted octanol–water partition coefficient (Wildman–Crippen LogP) is 1.95. The van der Waals surface area contributed by atoms with E-state index in [1.807, 2.05) is 0 Å². The largest absolute Gasteiger partial charge is 0.417 e. The number of aliphatic hydroxyl groups excluding tert-OH is 1. The van der Waals surface area contributed by atoms with Gasteiger partial charge in [-0.1, -0.05) is 11.6 Å². The van der Waals surface area contributed by atoms with Crippen LogP contribution in [0.3, 0.4) is 0 Å². The van der Waals surface area contributed by atoms with Crippen LogP contribution in [0.5, 0.6) is 0 Å². The van der Waals surface area contributed by atoms with Gasteiger partial charge in [0.05, 0.1) is 36.4 Å². The third-order valence-corrected chi connectivity index (χ3v) is 3.14. The van der Waals surface area contributed by atoms with Crippen molar-refractivity contribution in [3.8, 4) is 0 Å². The van der Waals surface area contributed by atoms with E-state index in [-0.39, 0.29) is 30.1 Å². The fourth-order valence-corrected chi connectivity index (χ4v) is 2.16. The van der Waals surface area contributed by atoms with E-state index < -0.39 is 11.7 Å². The Hall–Kier alpha value is -1.05. The van der Waals surface area contributed by atoms with Crippen LogP contribution in [-0.2, 0) is 10.9 Å². The first-order valence-corrected chi connectivity index (χ1v) is 5.99. The molecule has 0 amide bonds. The fourth-order valence-electron chi connectivity index (χ4n) is 1.88. The van der Waals surface area contributed by atoms with Gasteiger partial charge in [0.1, 0.15) is 5.82 Å². The van der Waals surface area contributed by atoms with Crippen molar-refractivity contribution in [3.05, 3.63) is 22.8 Å². The third-order valence-electron chi connectivity index (χ3n) is 2.86. The molecule has 1 aliphatic rings. The number of halogens is 4. The van der Waals surface area contributed by atoms with E-state index in [9.17, 15) is 18.3 Å². The van der Waals surface area contributed by atoms with Crippen LogP contribution in [0.15, 0.2) is 12.3 Å². The molecule has 0 aromatic carbocycles. The lowest BCUT2D eigenvalue weighted by Crippen LogP contribution is -2.48. The molecule has 1 saturated heterocycles. The lowest BCUT2D eigenvalue weighted by atomic mass is 10.2. The summed E-state index contributed by atoms with van der Waals surface area (Å²) < 4.78 is 42.7. The van der Waals surface area contributed by atoms with Crippen molar-refractivity contribution in [1.82, 2.24) is 4.98 Å². The van der Waals surface area contributed by atoms with E-state index in [2.05, 4.69) is 4.98 Å². The van der Waals surface area contributed by atoms with Gasteiger partial charge in [-0.3, -0.25) is 0 Å². The van der Waals surface area contributed by atoms with E-state index in [1.54, 1.807) is 4.90 Å². The molecule has 1 atom stereocenters. The smallest absolute Gasteiger partial charge is 0.394 e. The number of ether oxygens (including phenoxy) is 1. The molecule has 1 N–H and O–H groups in total. The van der Waals surface area contributed by atoms with Gasteiger partial charge in [0.2, 0.25) is 0 Å². The number of alkyl halides is 3. The van der Waals surface area contributed by atoms with Crippen molar-refractivity contribution in [2.24, 2.45) is 0 Å². The Morgan fingerprint density at radius 2 is 2.26 bits per heavy atom. The molecule has 1 aromatic heterocycles. The van der Waals surface area contributed by atoms with Crippen LogP contribution in [0.25, 0.3) is 0 Å². The topological polar surface area (TPSA) is 45.6 Å². The van der Waals surface area contributed by atoms with Crippen LogP contribution in [0.1, 0.15) is 5.56 Å². The molecule has 1 aromatic rings. The summed E-state index contributed by atoms with van der Waals surface area (Å²) in [5.41, 5.74) is -0.893. The Morgan fingerprint density at radius 1 is 1.53 bits per heavy atom. The third kappa shape index (κ3) is 3.10. The van der Waals surface area contributed by atoms with Crippen molar-refractivity contribution in [2.45, 2.75) is 12.2 Å². The molecule has 0 aliphatic carbocycles. The number of rotatable bonds is 2. The first-order valence-electron chi connectivity index (χ1n) is 5.61. The first kappa shape index (κ1) is 14.4. The van der Waals surface area contributed by atoms with Crippen molar-refractivity contribution in [2.75, 3.05) is 31.3 Å². The minimum atomic E-state index is -4.48. The van der Waals surface area contributed by atoms with Crippen molar-refractivity contribution < 1.29 is 23.0 Å². The summed E-state index contributed by atoms with van der Waals surface area (Å²) in [5, 5.41) is 9.14. The number of morpholine rings is 1. The molecule has 1 unspecified atom stereocenters. The Labute approximate surface area is 112 Å². The van der Waals surface area contributed by atoms with Crippen LogP contribution >= 0.6 is 11.6 Å². The molecule has 1 fully saturated rings. The van der Waals surface area contributed by atoms with Crippen LogP contribution in [0.4, 0.5) is 19.0 Å². The molecule has 4 nitrogen and oxygen atoms in total. The van der Waals surface area contributed by atoms with Gasteiger partial charge in [-0.15, -0.1) is 0 Å². The van der Waals surface area contributed by atoms with Crippen molar-refractivity contribution in [1.29, 1.82) is 0 Å². The Kier molecular flexibility index (Phi) is 4.17. The number of hydrogen-bond donors (Lipinski definition) is 1. The van der Waals surface area contributed by atoms with Crippen LogP contribution in [-0.4, -0.2) is 42.5 Å². The lowest BCUT2D eigenvalue weighted by molar-refractivity contribution is -0.137. The van der Waals surface area contributed by atoms with Gasteiger partial charge >= 0.3 is 6.18 Å². The lowest BCUT2D eigenvalue weighted by Gasteiger charge is -2.35. The summed E-state index contributed by atoms with van der Waals surface area (Å²) in [6.45, 7) is 0.938. The number of aliphatic hydroxyl groups is 1. The predicted molar refractivity (Wildman–Crippen MR) is 63.3 cm³/mol. The minimum Gasteiger partial charge on any atom is -0.394 e. The fraction of sp³-hybridized carbons (Fsp3) is 0.545. The Morgan fingerprint density at radius 3 is 2.84 bits per heavy atom. The van der Waals surface area contributed by atoms with Crippen molar-refractivity contribution in [3.63, 3.8) is 0 Å². The zero-order valence-electron chi connectivity index (χ0n) is 9.82. The van der Waals surface area contributed by atoms with Crippen LogP contribution < -0.4 is 4.90 Å². The van der Waals surface area contributed by atoms with Gasteiger partial charge in [-0.05, 0) is 6.07 Å². The van der Waals surface area contributed by atoms with Gasteiger partial charge < -0.3 is 14.7 Å². The van der Waals surface area contributed by atoms with E-state index in [0.717, 1.165) is 12.3 Å². The minimum absolute atomic E-state index is 0.0878. The summed E-state index contributed by atoms with van der Waals surface area (Å²) in [5.74, 6) is 0.233. The molecule has 0 radical (unpaired) electrons. The molecule has 106 valence electrons. The number of hydrogen-bond acceptors (Lipinski definition) is 4. The molecule has 2 heterocycles. The number of aromatic nitrogens is 1. The van der Waals surface area contributed by atoms with Crippen LogP contribution in [0, 0.1) is 0 Å². The SMILES string of the molecule is OCC1COCCN1c1ncc(C(F)(F)F)cc1Cl. The monoisotopic (exact) mass is 296 g/mol. The van der Waals surface area contributed by atoms with Crippen LogP contribution in [0.2, 0.25) is 5.02 Å². The van der Waals surface area contributed by atoms with E-state index in [4.69, 9.17) is 16.3 Å². The summed E-state index contributed by atoms with van der Waals surface area (Å²) in [6, 6.07) is 0.490. The second-order valence-corrected chi connectivity index (χ2v) is 4.54. The summed E-state index contributed by atoms with van der Waals surface area (Å²) in [7, 11) is 0. The van der Waals surface area contributed by atoms with Crippen molar-refractivity contribution >= 4 is 17.4 Å². The summed E-state index contributed by atoms with van der Waals surface area (Å²) >= 11 is 5.86. The summed E-state index contributed by atoms with van der Waals surface area (Å²) in [4.78, 5) is 5.43. The van der Waals surface area contributed by atoms with Gasteiger partial charge in [0.15, 0.2) is 0 Å². The number of anilines is 1. The van der Waals surface area contributed by atoms with E-state index in [1.165, 1.54) is 0 Å². The molecule has 2 rings (SSSR count). The highest BCUT2D eigenvalue weighted by atomic mass is 35.5. The van der Waals surface area contributed by atoms with E-state index >= 15 is 0 Å². The average molecular weight is 297 g/mol. The molecule has 1 aliphatic heterocycles. The molecule has 0 bridgehead atoms. The number of nitrogens with zero attached hydrogens (tertiary/aromatic N) is 2. The molecular weight excluding hydrogens is 285 g/mol. The molecular formula is C11H12ClF3N2O2. The molecule has 0 spiro atoms. The van der Waals surface area contributed by atoms with Gasteiger partial charge in [0, 0.05) is 12.7 Å². The Balaban J connectivity index is 2.30. The maximum absolute atomic E-state index is 12.5. The zero-order chi connectivity index (χ0) is 14.0. The average Bonchev–Trinajstić information content (AvgIpc) is 2.37. The summed E-state index contributed by atoms with van der Waals surface area (Å²) in [6.07, 6.45) is -3.73. The van der Waals surface area contributed by atoms with Gasteiger partial charge in [-0.2, -0.15) is 13.2 Å². The van der Waals surface area contributed by atoms with Gasteiger partial charge in [0.25, 0.3) is 0 Å². The highest BCUT2D eigenvalue weighted by Crippen LogP contribution is 2.34. The molecule has 19 heavy (non-hydrogen) atoms. The quantitative estimate of drug-likeness (QED) is 0.906. The molecule has 0 saturated carbocycles. The maximum Gasteiger partial charge on any atom is 0.417 e. The highest BCUT2D eigenvalue weighted by Gasteiger charge is 2.33. The Bertz CT molecular complexity index is 456. The van der Waals surface area contributed by atoms with E-state index in [0.29, 0.717) is 13.2 Å². The number of pyridine rings is 1. The second kappa shape index (κ2) is 5.52.